The summed E-state index contributed by atoms with van der Waals surface area (Å²) in [5, 5.41) is 7.79. The Labute approximate surface area is 127 Å². The summed E-state index contributed by atoms with van der Waals surface area (Å²) in [6.45, 7) is 1.20. The van der Waals surface area contributed by atoms with Gasteiger partial charge in [0, 0.05) is 43.1 Å². The Morgan fingerprint density at radius 1 is 1.18 bits per heavy atom. The van der Waals surface area contributed by atoms with E-state index >= 15 is 0 Å². The fourth-order valence-corrected chi connectivity index (χ4v) is 2.34. The number of amides is 1. The number of likely N-dealkylation sites (tertiary alicyclic amines) is 1. The second-order valence-corrected chi connectivity index (χ2v) is 4.93. The van der Waals surface area contributed by atoms with Crippen LogP contribution in [0.3, 0.4) is 0 Å². The van der Waals surface area contributed by atoms with Gasteiger partial charge in [-0.3, -0.25) is 9.78 Å². The highest BCUT2D eigenvalue weighted by molar-refractivity contribution is 5.94. The second-order valence-electron chi connectivity index (χ2n) is 4.93. The molecule has 1 aliphatic heterocycles. The van der Waals surface area contributed by atoms with Crippen molar-refractivity contribution in [3.63, 3.8) is 0 Å². The van der Waals surface area contributed by atoms with Gasteiger partial charge >= 0.3 is 0 Å². The van der Waals surface area contributed by atoms with Crippen molar-refractivity contribution in [2.45, 2.75) is 12.5 Å². The average molecular weight is 300 g/mol. The molecule has 0 saturated carbocycles. The third-order valence-corrected chi connectivity index (χ3v) is 3.47. The Bertz CT molecular complexity index is 633. The van der Waals surface area contributed by atoms with Crippen molar-refractivity contribution < 1.29 is 14.3 Å². The SMILES string of the molecule is COc1ccc(O[C@@H]2CCN(C(=O)c3ccncc3)C2)nn1. The number of ether oxygens (including phenoxy) is 2. The smallest absolute Gasteiger partial charge is 0.254 e. The predicted molar refractivity (Wildman–Crippen MR) is 77.8 cm³/mol. The van der Waals surface area contributed by atoms with Gasteiger partial charge in [-0.2, -0.15) is 0 Å². The van der Waals surface area contributed by atoms with Gasteiger partial charge in [0.15, 0.2) is 0 Å². The average Bonchev–Trinajstić information content (AvgIpc) is 3.04. The van der Waals surface area contributed by atoms with Gasteiger partial charge < -0.3 is 14.4 Å². The monoisotopic (exact) mass is 300 g/mol. The summed E-state index contributed by atoms with van der Waals surface area (Å²) in [6.07, 6.45) is 3.92. The van der Waals surface area contributed by atoms with Crippen LogP contribution in [0.25, 0.3) is 0 Å². The third-order valence-electron chi connectivity index (χ3n) is 3.47. The van der Waals surface area contributed by atoms with Crippen molar-refractivity contribution >= 4 is 5.91 Å². The van der Waals surface area contributed by atoms with Gasteiger partial charge in [0.1, 0.15) is 6.10 Å². The highest BCUT2D eigenvalue weighted by atomic mass is 16.5. The van der Waals surface area contributed by atoms with Crippen molar-refractivity contribution in [1.29, 1.82) is 0 Å². The zero-order valence-electron chi connectivity index (χ0n) is 12.2. The summed E-state index contributed by atoms with van der Waals surface area (Å²) < 4.78 is 10.7. The highest BCUT2D eigenvalue weighted by Gasteiger charge is 2.28. The predicted octanol–water partition coefficient (Wildman–Crippen LogP) is 1.17. The van der Waals surface area contributed by atoms with Gasteiger partial charge in [0.2, 0.25) is 11.8 Å². The van der Waals surface area contributed by atoms with Crippen LogP contribution >= 0.6 is 0 Å². The third kappa shape index (κ3) is 3.13. The molecule has 0 unspecified atom stereocenters. The minimum Gasteiger partial charge on any atom is -0.480 e. The number of carbonyl (C=O) groups excluding carboxylic acids is 1. The summed E-state index contributed by atoms with van der Waals surface area (Å²) in [5.74, 6) is 0.867. The molecular formula is C15H16N4O3. The van der Waals surface area contributed by atoms with E-state index in [1.165, 1.54) is 7.11 Å². The minimum absolute atomic E-state index is 0.00526. The van der Waals surface area contributed by atoms with E-state index in [0.29, 0.717) is 30.4 Å². The van der Waals surface area contributed by atoms with E-state index < -0.39 is 0 Å². The van der Waals surface area contributed by atoms with Gasteiger partial charge in [-0.05, 0) is 12.1 Å². The fraction of sp³-hybridized carbons (Fsp3) is 0.333. The zero-order chi connectivity index (χ0) is 15.4. The normalized spacial score (nSPS) is 17.3. The maximum atomic E-state index is 12.3. The Kier molecular flexibility index (Phi) is 4.13. The molecule has 2 aromatic rings. The summed E-state index contributed by atoms with van der Waals surface area (Å²) in [4.78, 5) is 18.0. The molecule has 0 aromatic carbocycles. The van der Waals surface area contributed by atoms with E-state index in [2.05, 4.69) is 15.2 Å². The van der Waals surface area contributed by atoms with Crippen LogP contribution in [-0.4, -0.2) is 52.3 Å². The lowest BCUT2D eigenvalue weighted by Gasteiger charge is -2.16. The van der Waals surface area contributed by atoms with Crippen LogP contribution in [0.5, 0.6) is 11.8 Å². The fourth-order valence-electron chi connectivity index (χ4n) is 2.34. The Balaban J connectivity index is 1.59. The van der Waals surface area contributed by atoms with Crippen molar-refractivity contribution in [3.8, 4) is 11.8 Å². The molecule has 2 aromatic heterocycles. The summed E-state index contributed by atoms with van der Waals surface area (Å²) >= 11 is 0. The summed E-state index contributed by atoms with van der Waals surface area (Å²) in [5.41, 5.74) is 0.639. The van der Waals surface area contributed by atoms with Gasteiger partial charge in [0.05, 0.1) is 13.7 Å². The first-order chi connectivity index (χ1) is 10.8. The molecule has 0 aliphatic carbocycles. The molecular weight excluding hydrogens is 284 g/mol. The molecule has 3 rings (SSSR count). The van der Waals surface area contributed by atoms with Gasteiger partial charge in [-0.1, -0.05) is 0 Å². The molecule has 1 fully saturated rings. The largest absolute Gasteiger partial charge is 0.480 e. The first kappa shape index (κ1) is 14.2. The highest BCUT2D eigenvalue weighted by Crippen LogP contribution is 2.19. The molecule has 3 heterocycles. The summed E-state index contributed by atoms with van der Waals surface area (Å²) in [7, 11) is 1.53. The number of carbonyl (C=O) groups is 1. The van der Waals surface area contributed by atoms with Crippen LogP contribution in [-0.2, 0) is 0 Å². The summed E-state index contributed by atoms with van der Waals surface area (Å²) in [6, 6.07) is 6.83. The van der Waals surface area contributed by atoms with E-state index in [9.17, 15) is 4.79 Å². The number of rotatable bonds is 4. The lowest BCUT2D eigenvalue weighted by Crippen LogP contribution is -2.31. The van der Waals surface area contributed by atoms with Crippen molar-refractivity contribution in [3.05, 3.63) is 42.2 Å². The van der Waals surface area contributed by atoms with Gasteiger partial charge in [-0.15, -0.1) is 10.2 Å². The molecule has 1 aliphatic rings. The molecule has 0 radical (unpaired) electrons. The number of pyridine rings is 1. The van der Waals surface area contributed by atoms with E-state index in [4.69, 9.17) is 9.47 Å². The molecule has 7 heteroatoms. The maximum absolute atomic E-state index is 12.3. The standard InChI is InChI=1S/C15H16N4O3/c1-21-13-2-3-14(18-17-13)22-12-6-9-19(10-12)15(20)11-4-7-16-8-5-11/h2-5,7-8,12H,6,9-10H2,1H3/t12-/m1/s1. The van der Waals surface area contributed by atoms with Crippen molar-refractivity contribution in [2.75, 3.05) is 20.2 Å². The number of hydrogen-bond acceptors (Lipinski definition) is 6. The number of methoxy groups -OCH3 is 1. The quantitative estimate of drug-likeness (QED) is 0.843. The molecule has 1 saturated heterocycles. The zero-order valence-corrected chi connectivity index (χ0v) is 12.2. The lowest BCUT2D eigenvalue weighted by atomic mass is 10.2. The van der Waals surface area contributed by atoms with Gasteiger partial charge in [0.25, 0.3) is 5.91 Å². The first-order valence-corrected chi connectivity index (χ1v) is 7.00. The molecule has 7 nitrogen and oxygen atoms in total. The molecule has 1 amide bonds. The molecule has 0 bridgehead atoms. The number of hydrogen-bond donors (Lipinski definition) is 0. The van der Waals surface area contributed by atoms with Crippen molar-refractivity contribution in [2.24, 2.45) is 0 Å². The molecule has 0 N–H and O–H groups in total. The van der Waals surface area contributed by atoms with E-state index in [-0.39, 0.29) is 12.0 Å². The van der Waals surface area contributed by atoms with Crippen molar-refractivity contribution in [1.82, 2.24) is 20.1 Å². The number of nitrogens with zero attached hydrogens (tertiary/aromatic N) is 4. The Hall–Kier alpha value is -2.70. The maximum Gasteiger partial charge on any atom is 0.254 e. The van der Waals surface area contributed by atoms with Crippen LogP contribution in [0, 0.1) is 0 Å². The molecule has 114 valence electrons. The van der Waals surface area contributed by atoms with E-state index in [1.54, 1.807) is 41.6 Å². The van der Waals surface area contributed by atoms with Gasteiger partial charge in [-0.25, -0.2) is 0 Å². The first-order valence-electron chi connectivity index (χ1n) is 7.00. The topological polar surface area (TPSA) is 77.4 Å². The lowest BCUT2D eigenvalue weighted by molar-refractivity contribution is 0.0771. The number of aromatic nitrogens is 3. The van der Waals surface area contributed by atoms with E-state index in [1.807, 2.05) is 0 Å². The van der Waals surface area contributed by atoms with Crippen LogP contribution in [0.1, 0.15) is 16.8 Å². The molecule has 22 heavy (non-hydrogen) atoms. The second kappa shape index (κ2) is 6.38. The van der Waals surface area contributed by atoms with Crippen LogP contribution in [0.15, 0.2) is 36.7 Å². The van der Waals surface area contributed by atoms with Crippen LogP contribution in [0.2, 0.25) is 0 Å². The van der Waals surface area contributed by atoms with E-state index in [0.717, 1.165) is 6.42 Å². The Morgan fingerprint density at radius 2 is 1.91 bits per heavy atom. The Morgan fingerprint density at radius 3 is 2.59 bits per heavy atom. The molecule has 0 spiro atoms. The van der Waals surface area contributed by atoms with Crippen LogP contribution in [0.4, 0.5) is 0 Å². The minimum atomic E-state index is -0.0755. The molecule has 1 atom stereocenters. The van der Waals surface area contributed by atoms with Crippen LogP contribution < -0.4 is 9.47 Å².